The maximum absolute atomic E-state index is 11.9. The van der Waals surface area contributed by atoms with E-state index in [-0.39, 0.29) is 42.3 Å². The number of rotatable bonds is 8. The van der Waals surface area contributed by atoms with E-state index in [4.69, 9.17) is 5.73 Å². The first-order valence-electron chi connectivity index (χ1n) is 7.74. The molecule has 0 aromatic rings. The molecule has 0 aromatic carbocycles. The van der Waals surface area contributed by atoms with Crippen molar-refractivity contribution in [2.24, 2.45) is 16.6 Å². The van der Waals surface area contributed by atoms with Crippen molar-refractivity contribution in [3.63, 3.8) is 0 Å². The van der Waals surface area contributed by atoms with Crippen molar-refractivity contribution < 1.29 is 8.42 Å². The van der Waals surface area contributed by atoms with E-state index in [2.05, 4.69) is 31.1 Å². The van der Waals surface area contributed by atoms with Crippen LogP contribution < -0.4 is 11.1 Å². The predicted octanol–water partition coefficient (Wildman–Crippen LogP) is 2.94. The summed E-state index contributed by atoms with van der Waals surface area (Å²) < 4.78 is 23.1. The number of aliphatic imine (C=N–C) groups is 1. The lowest BCUT2D eigenvalue weighted by Crippen LogP contribution is -2.39. The number of hydrogen-bond donors (Lipinski definition) is 2. The number of hydrogen-bond acceptors (Lipinski definition) is 3. The Labute approximate surface area is 153 Å². The number of nitrogens with two attached hydrogens (primary N) is 1. The second-order valence-electron chi connectivity index (χ2n) is 7.07. The fraction of sp³-hybridized carbons (Fsp3) is 0.933. The van der Waals surface area contributed by atoms with Gasteiger partial charge in [0.2, 0.25) is 0 Å². The molecular weight excluding hydrogens is 413 g/mol. The van der Waals surface area contributed by atoms with Crippen molar-refractivity contribution in [3.8, 4) is 0 Å². The zero-order chi connectivity index (χ0) is 16.7. The zero-order valence-electron chi connectivity index (χ0n) is 14.8. The van der Waals surface area contributed by atoms with Crippen molar-refractivity contribution in [1.29, 1.82) is 0 Å². The molecule has 5 nitrogen and oxygen atoms in total. The summed E-state index contributed by atoms with van der Waals surface area (Å²) in [7, 11) is -3.14. The first-order chi connectivity index (χ1) is 9.45. The summed E-state index contributed by atoms with van der Waals surface area (Å²) in [5.41, 5.74) is 5.79. The van der Waals surface area contributed by atoms with E-state index in [1.807, 2.05) is 0 Å². The van der Waals surface area contributed by atoms with Gasteiger partial charge in [0.05, 0.1) is 17.0 Å². The van der Waals surface area contributed by atoms with E-state index in [1.165, 1.54) is 6.42 Å². The summed E-state index contributed by atoms with van der Waals surface area (Å²) in [4.78, 5) is 4.11. The Morgan fingerprint density at radius 1 is 1.18 bits per heavy atom. The maximum Gasteiger partial charge on any atom is 0.188 e. The summed E-state index contributed by atoms with van der Waals surface area (Å²) in [5, 5.41) is 3.11. The van der Waals surface area contributed by atoms with Crippen LogP contribution in [0.4, 0.5) is 0 Å². The molecule has 7 heteroatoms. The molecule has 0 spiro atoms. The van der Waals surface area contributed by atoms with Crippen molar-refractivity contribution in [3.05, 3.63) is 0 Å². The smallest absolute Gasteiger partial charge is 0.188 e. The molecule has 0 saturated heterocycles. The van der Waals surface area contributed by atoms with Gasteiger partial charge in [-0.1, -0.05) is 26.7 Å². The quantitative estimate of drug-likeness (QED) is 0.341. The van der Waals surface area contributed by atoms with Gasteiger partial charge in [-0.2, -0.15) is 0 Å². The van der Waals surface area contributed by atoms with Crippen LogP contribution in [0.3, 0.4) is 0 Å². The monoisotopic (exact) mass is 447 g/mol. The minimum atomic E-state index is -3.14. The molecule has 0 aliphatic heterocycles. The highest BCUT2D eigenvalue weighted by atomic mass is 127. The molecule has 1 atom stereocenters. The molecule has 0 saturated carbocycles. The van der Waals surface area contributed by atoms with Gasteiger partial charge < -0.3 is 11.1 Å². The molecule has 22 heavy (non-hydrogen) atoms. The molecule has 0 bridgehead atoms. The largest absolute Gasteiger partial charge is 0.370 e. The van der Waals surface area contributed by atoms with Crippen LogP contribution in [0.15, 0.2) is 4.99 Å². The fourth-order valence-electron chi connectivity index (χ4n) is 1.80. The third-order valence-electron chi connectivity index (χ3n) is 3.39. The number of sulfone groups is 1. The molecule has 0 fully saturated rings. The second-order valence-corrected chi connectivity index (χ2v) is 9.93. The normalized spacial score (nSPS) is 14.6. The molecule has 134 valence electrons. The molecule has 0 heterocycles. The number of guanidine groups is 1. The van der Waals surface area contributed by atoms with E-state index < -0.39 is 14.6 Å². The van der Waals surface area contributed by atoms with E-state index in [0.29, 0.717) is 11.9 Å². The standard InChI is InChI=1S/C15H33N3O2S.HI/c1-12(2)8-7-9-13(3)18-14(16)17-10-11-21(19,20)15(4,5)6;/h12-13H,7-11H2,1-6H3,(H3,16,17,18);1H. The van der Waals surface area contributed by atoms with Crippen molar-refractivity contribution >= 4 is 39.8 Å². The Balaban J connectivity index is 0. The molecule has 0 rings (SSSR count). The van der Waals surface area contributed by atoms with Crippen LogP contribution in [0.1, 0.15) is 60.8 Å². The summed E-state index contributed by atoms with van der Waals surface area (Å²) in [6.07, 6.45) is 3.39. The third kappa shape index (κ3) is 10.6. The Hall–Kier alpha value is -0.0500. The third-order valence-corrected chi connectivity index (χ3v) is 5.97. The van der Waals surface area contributed by atoms with Crippen LogP contribution >= 0.6 is 24.0 Å². The van der Waals surface area contributed by atoms with Gasteiger partial charge in [-0.3, -0.25) is 4.99 Å². The molecule has 0 aromatic heterocycles. The molecule has 0 amide bonds. The lowest BCUT2D eigenvalue weighted by Gasteiger charge is -2.18. The van der Waals surface area contributed by atoms with E-state index in [9.17, 15) is 8.42 Å². The minimum Gasteiger partial charge on any atom is -0.370 e. The van der Waals surface area contributed by atoms with Crippen LogP contribution in [-0.2, 0) is 9.84 Å². The van der Waals surface area contributed by atoms with Crippen molar-refractivity contribution in [1.82, 2.24) is 5.32 Å². The lowest BCUT2D eigenvalue weighted by molar-refractivity contribution is 0.493. The molecule has 3 N–H and O–H groups in total. The van der Waals surface area contributed by atoms with Gasteiger partial charge >= 0.3 is 0 Å². The van der Waals surface area contributed by atoms with Gasteiger partial charge in [0, 0.05) is 6.04 Å². The van der Waals surface area contributed by atoms with Gasteiger partial charge in [0.15, 0.2) is 15.8 Å². The maximum atomic E-state index is 11.9. The Morgan fingerprint density at radius 2 is 1.73 bits per heavy atom. The Morgan fingerprint density at radius 3 is 2.18 bits per heavy atom. The molecule has 1 unspecified atom stereocenters. The highest BCUT2D eigenvalue weighted by Crippen LogP contribution is 2.15. The first-order valence-corrected chi connectivity index (χ1v) is 9.39. The van der Waals surface area contributed by atoms with E-state index in [0.717, 1.165) is 12.8 Å². The van der Waals surface area contributed by atoms with E-state index >= 15 is 0 Å². The molecule has 0 aliphatic carbocycles. The van der Waals surface area contributed by atoms with Gasteiger partial charge in [-0.05, 0) is 40.0 Å². The van der Waals surface area contributed by atoms with Gasteiger partial charge in [0.25, 0.3) is 0 Å². The zero-order valence-corrected chi connectivity index (χ0v) is 18.0. The summed E-state index contributed by atoms with van der Waals surface area (Å²) >= 11 is 0. The molecular formula is C15H34IN3O2S. The van der Waals surface area contributed by atoms with Crippen molar-refractivity contribution in [2.75, 3.05) is 12.3 Å². The van der Waals surface area contributed by atoms with Crippen LogP contribution in [0.2, 0.25) is 0 Å². The summed E-state index contributed by atoms with van der Waals surface area (Å²) in [5.74, 6) is 1.07. The van der Waals surface area contributed by atoms with Gasteiger partial charge in [-0.25, -0.2) is 8.42 Å². The van der Waals surface area contributed by atoms with Crippen LogP contribution in [-0.4, -0.2) is 37.5 Å². The van der Waals surface area contributed by atoms with Gasteiger partial charge in [-0.15, -0.1) is 24.0 Å². The predicted molar refractivity (Wildman–Crippen MR) is 107 cm³/mol. The Bertz CT molecular complexity index is 429. The number of nitrogens with one attached hydrogen (secondary N) is 1. The second kappa shape index (κ2) is 10.7. The lowest BCUT2D eigenvalue weighted by atomic mass is 10.0. The summed E-state index contributed by atoms with van der Waals surface area (Å²) in [6.45, 7) is 11.8. The number of halogens is 1. The minimum absolute atomic E-state index is 0. The average molecular weight is 447 g/mol. The van der Waals surface area contributed by atoms with Crippen LogP contribution in [0.25, 0.3) is 0 Å². The van der Waals surface area contributed by atoms with Crippen LogP contribution in [0.5, 0.6) is 0 Å². The summed E-state index contributed by atoms with van der Waals surface area (Å²) in [6, 6.07) is 0.256. The average Bonchev–Trinajstić information content (AvgIpc) is 2.26. The fourth-order valence-corrected chi connectivity index (χ4v) is 2.74. The highest BCUT2D eigenvalue weighted by molar-refractivity contribution is 14.0. The van der Waals surface area contributed by atoms with E-state index in [1.54, 1.807) is 20.8 Å². The number of nitrogens with zero attached hydrogens (tertiary/aromatic N) is 1. The van der Waals surface area contributed by atoms with Gasteiger partial charge in [0.1, 0.15) is 0 Å². The molecule has 0 radical (unpaired) electrons. The topological polar surface area (TPSA) is 84.5 Å². The molecule has 0 aliphatic rings. The van der Waals surface area contributed by atoms with Crippen molar-refractivity contribution in [2.45, 2.75) is 71.6 Å². The SMILES string of the molecule is CC(C)CCCC(C)NC(N)=NCCS(=O)(=O)C(C)(C)C.I. The highest BCUT2D eigenvalue weighted by Gasteiger charge is 2.28. The van der Waals surface area contributed by atoms with Crippen LogP contribution in [0, 0.1) is 5.92 Å². The first kappa shape index (κ1) is 24.2. The Kier molecular flexibility index (Phi) is 11.7.